The highest BCUT2D eigenvalue weighted by atomic mass is 35.5. The fraction of sp³-hybridized carbons (Fsp3) is 0.120. The summed E-state index contributed by atoms with van der Waals surface area (Å²) < 4.78 is 24.7. The predicted molar refractivity (Wildman–Crippen MR) is 128 cm³/mol. The molecule has 0 atom stereocenters. The Morgan fingerprint density at radius 3 is 2.45 bits per heavy atom. The minimum atomic E-state index is -0.493. The molecule has 0 spiro atoms. The SMILES string of the molecule is CCc1cc(NC(=O)Nc2ccc(Oc3ccc4cc(OC)c(F)cc4n3)cc2)ccc1Cl. The van der Waals surface area contributed by atoms with Gasteiger partial charge < -0.3 is 20.1 Å². The van der Waals surface area contributed by atoms with Gasteiger partial charge in [0.25, 0.3) is 0 Å². The molecule has 0 bridgehead atoms. The van der Waals surface area contributed by atoms with Crippen molar-refractivity contribution in [3.8, 4) is 17.4 Å². The van der Waals surface area contributed by atoms with Crippen LogP contribution in [0.2, 0.25) is 5.02 Å². The first-order chi connectivity index (χ1) is 15.9. The number of pyridine rings is 1. The lowest BCUT2D eigenvalue weighted by atomic mass is 10.1. The third-order valence-corrected chi connectivity index (χ3v) is 5.33. The van der Waals surface area contributed by atoms with E-state index in [2.05, 4.69) is 15.6 Å². The number of ether oxygens (including phenoxy) is 2. The molecule has 0 aliphatic carbocycles. The van der Waals surface area contributed by atoms with Crippen LogP contribution >= 0.6 is 11.6 Å². The molecule has 3 aromatic carbocycles. The largest absolute Gasteiger partial charge is 0.494 e. The average Bonchev–Trinajstić information content (AvgIpc) is 2.81. The van der Waals surface area contributed by atoms with Crippen LogP contribution in [0.4, 0.5) is 20.6 Å². The zero-order valence-corrected chi connectivity index (χ0v) is 18.7. The van der Waals surface area contributed by atoms with Crippen LogP contribution in [-0.4, -0.2) is 18.1 Å². The van der Waals surface area contributed by atoms with E-state index in [1.54, 1.807) is 54.6 Å². The second-order valence-electron chi connectivity index (χ2n) is 7.19. The van der Waals surface area contributed by atoms with Gasteiger partial charge in [-0.2, -0.15) is 0 Å². The van der Waals surface area contributed by atoms with E-state index in [1.165, 1.54) is 13.2 Å². The minimum absolute atomic E-state index is 0.159. The number of methoxy groups -OCH3 is 1. The molecule has 33 heavy (non-hydrogen) atoms. The number of aryl methyl sites for hydroxylation is 1. The van der Waals surface area contributed by atoms with Crippen LogP contribution in [-0.2, 0) is 6.42 Å². The van der Waals surface area contributed by atoms with Crippen LogP contribution in [0, 0.1) is 5.82 Å². The highest BCUT2D eigenvalue weighted by Gasteiger charge is 2.09. The molecule has 168 valence electrons. The average molecular weight is 466 g/mol. The summed E-state index contributed by atoms with van der Waals surface area (Å²) >= 11 is 6.12. The number of benzene rings is 3. The van der Waals surface area contributed by atoms with Gasteiger partial charge in [-0.25, -0.2) is 14.2 Å². The van der Waals surface area contributed by atoms with E-state index in [1.807, 2.05) is 13.0 Å². The van der Waals surface area contributed by atoms with Gasteiger partial charge in [0.15, 0.2) is 11.6 Å². The van der Waals surface area contributed by atoms with Crippen LogP contribution in [0.1, 0.15) is 12.5 Å². The number of anilines is 2. The van der Waals surface area contributed by atoms with Gasteiger partial charge in [-0.3, -0.25) is 0 Å². The van der Waals surface area contributed by atoms with E-state index >= 15 is 0 Å². The second-order valence-corrected chi connectivity index (χ2v) is 7.60. The van der Waals surface area contributed by atoms with Gasteiger partial charge in [0, 0.05) is 33.9 Å². The lowest BCUT2D eigenvalue weighted by Crippen LogP contribution is -2.19. The summed E-state index contributed by atoms with van der Waals surface area (Å²) in [6, 6.07) is 18.2. The highest BCUT2D eigenvalue weighted by Crippen LogP contribution is 2.28. The van der Waals surface area contributed by atoms with E-state index < -0.39 is 5.82 Å². The summed E-state index contributed by atoms with van der Waals surface area (Å²) in [6.07, 6.45) is 0.770. The molecule has 0 radical (unpaired) electrons. The number of fused-ring (bicyclic) bond motifs is 1. The Labute approximate surface area is 195 Å². The molecule has 8 heteroatoms. The lowest BCUT2D eigenvalue weighted by molar-refractivity contribution is 0.262. The number of hydrogen-bond donors (Lipinski definition) is 2. The standard InChI is InChI=1S/C25H21ClFN3O3/c1-3-15-12-18(7-10-20(15)26)29-25(31)28-17-5-8-19(9-6-17)33-24-11-4-16-13-23(32-2)21(27)14-22(16)30-24/h4-14H,3H2,1-2H3,(H2,28,29,31). The number of halogens is 2. The van der Waals surface area contributed by atoms with Crippen LogP contribution in [0.3, 0.4) is 0 Å². The second kappa shape index (κ2) is 9.75. The van der Waals surface area contributed by atoms with Gasteiger partial charge >= 0.3 is 6.03 Å². The van der Waals surface area contributed by atoms with Crippen molar-refractivity contribution in [2.24, 2.45) is 0 Å². The highest BCUT2D eigenvalue weighted by molar-refractivity contribution is 6.31. The van der Waals surface area contributed by atoms with E-state index in [0.29, 0.717) is 33.5 Å². The van der Waals surface area contributed by atoms with Crippen molar-refractivity contribution in [3.63, 3.8) is 0 Å². The van der Waals surface area contributed by atoms with Crippen molar-refractivity contribution in [3.05, 3.63) is 83.1 Å². The van der Waals surface area contributed by atoms with Crippen molar-refractivity contribution in [1.82, 2.24) is 4.98 Å². The molecule has 6 nitrogen and oxygen atoms in total. The number of carbonyl (C=O) groups excluding carboxylic acids is 1. The Morgan fingerprint density at radius 1 is 1.00 bits per heavy atom. The molecule has 0 aliphatic rings. The van der Waals surface area contributed by atoms with Gasteiger partial charge in [0.1, 0.15) is 5.75 Å². The van der Waals surface area contributed by atoms with Gasteiger partial charge in [0.2, 0.25) is 5.88 Å². The topological polar surface area (TPSA) is 72.5 Å². The van der Waals surface area contributed by atoms with Crippen molar-refractivity contribution in [1.29, 1.82) is 0 Å². The van der Waals surface area contributed by atoms with Crippen molar-refractivity contribution in [2.45, 2.75) is 13.3 Å². The maximum Gasteiger partial charge on any atom is 0.323 e. The normalized spacial score (nSPS) is 10.7. The van der Waals surface area contributed by atoms with Crippen molar-refractivity contribution >= 4 is 39.9 Å². The maximum atomic E-state index is 14.0. The molecule has 2 N–H and O–H groups in total. The quantitative estimate of drug-likeness (QED) is 0.320. The molecular formula is C25H21ClFN3O3. The number of amides is 2. The first kappa shape index (κ1) is 22.4. The maximum absolute atomic E-state index is 14.0. The summed E-state index contributed by atoms with van der Waals surface area (Å²) in [6.45, 7) is 2.00. The minimum Gasteiger partial charge on any atom is -0.494 e. The van der Waals surface area contributed by atoms with Gasteiger partial charge in [0.05, 0.1) is 12.6 Å². The lowest BCUT2D eigenvalue weighted by Gasteiger charge is -2.11. The summed E-state index contributed by atoms with van der Waals surface area (Å²) in [7, 11) is 1.41. The van der Waals surface area contributed by atoms with Crippen LogP contribution < -0.4 is 20.1 Å². The van der Waals surface area contributed by atoms with Crippen molar-refractivity contribution in [2.75, 3.05) is 17.7 Å². The molecule has 1 aromatic heterocycles. The van der Waals surface area contributed by atoms with Crippen LogP contribution in [0.15, 0.2) is 66.7 Å². The van der Waals surface area contributed by atoms with E-state index in [0.717, 1.165) is 17.4 Å². The summed E-state index contributed by atoms with van der Waals surface area (Å²) in [5.41, 5.74) is 2.66. The molecule has 0 saturated heterocycles. The number of aromatic nitrogens is 1. The fourth-order valence-corrected chi connectivity index (χ4v) is 3.51. The van der Waals surface area contributed by atoms with Gasteiger partial charge in [-0.05, 0) is 66.6 Å². The number of hydrogen-bond acceptors (Lipinski definition) is 4. The zero-order valence-electron chi connectivity index (χ0n) is 18.0. The first-order valence-corrected chi connectivity index (χ1v) is 10.6. The molecule has 2 amide bonds. The number of urea groups is 1. The van der Waals surface area contributed by atoms with Crippen LogP contribution in [0.5, 0.6) is 17.4 Å². The molecular weight excluding hydrogens is 445 g/mol. The molecule has 4 rings (SSSR count). The number of rotatable bonds is 6. The monoisotopic (exact) mass is 465 g/mol. The fourth-order valence-electron chi connectivity index (χ4n) is 3.26. The molecule has 1 heterocycles. The van der Waals surface area contributed by atoms with E-state index in [4.69, 9.17) is 21.1 Å². The summed E-state index contributed by atoms with van der Waals surface area (Å²) in [5, 5.41) is 6.96. The number of nitrogens with zero attached hydrogens (tertiary/aromatic N) is 1. The first-order valence-electron chi connectivity index (χ1n) is 10.2. The zero-order chi connectivity index (χ0) is 23.4. The molecule has 4 aromatic rings. The Balaban J connectivity index is 1.40. The van der Waals surface area contributed by atoms with E-state index in [9.17, 15) is 9.18 Å². The number of nitrogens with one attached hydrogen (secondary N) is 2. The third kappa shape index (κ3) is 5.32. The summed E-state index contributed by atoms with van der Waals surface area (Å²) in [5.74, 6) is 0.506. The predicted octanol–water partition coefficient (Wildman–Crippen LogP) is 7.03. The molecule has 0 unspecified atom stereocenters. The Kier molecular flexibility index (Phi) is 6.60. The Hall–Kier alpha value is -3.84. The van der Waals surface area contributed by atoms with Crippen LogP contribution in [0.25, 0.3) is 10.9 Å². The van der Waals surface area contributed by atoms with Gasteiger partial charge in [-0.15, -0.1) is 0 Å². The molecule has 0 aliphatic heterocycles. The molecule has 0 fully saturated rings. The smallest absolute Gasteiger partial charge is 0.323 e. The molecule has 0 saturated carbocycles. The van der Waals surface area contributed by atoms with E-state index in [-0.39, 0.29) is 11.8 Å². The Bertz CT molecular complexity index is 1310. The number of carbonyl (C=O) groups is 1. The third-order valence-electron chi connectivity index (χ3n) is 4.96. The summed E-state index contributed by atoms with van der Waals surface area (Å²) in [4.78, 5) is 16.6. The Morgan fingerprint density at radius 2 is 1.73 bits per heavy atom. The van der Waals surface area contributed by atoms with Crippen molar-refractivity contribution < 1.29 is 18.7 Å². The van der Waals surface area contributed by atoms with Gasteiger partial charge in [-0.1, -0.05) is 18.5 Å².